The van der Waals surface area contributed by atoms with Gasteiger partial charge in [0.2, 0.25) is 0 Å². The van der Waals surface area contributed by atoms with Gasteiger partial charge in [-0.1, -0.05) is 30.3 Å². The molecule has 1 aromatic rings. The lowest BCUT2D eigenvalue weighted by Crippen LogP contribution is -2.31. The van der Waals surface area contributed by atoms with E-state index >= 15 is 0 Å². The second-order valence-electron chi connectivity index (χ2n) is 5.10. The standard InChI is InChI=1S/C16H23NO4/c1-19-16(18)15-10-14(11-17-15)21-9-5-8-20-12-13-6-3-2-4-7-13/h2-4,6-7,14-15,17H,5,8-12H2,1H3/t14-,15+/m1/s1. The molecule has 1 fully saturated rings. The minimum absolute atomic E-state index is 0.0863. The topological polar surface area (TPSA) is 56.8 Å². The van der Waals surface area contributed by atoms with Gasteiger partial charge in [0.25, 0.3) is 0 Å². The number of esters is 1. The number of nitrogens with one attached hydrogen (secondary N) is 1. The highest BCUT2D eigenvalue weighted by atomic mass is 16.5. The molecule has 1 aliphatic rings. The van der Waals surface area contributed by atoms with Crippen molar-refractivity contribution in [2.75, 3.05) is 26.9 Å². The van der Waals surface area contributed by atoms with Crippen LogP contribution >= 0.6 is 0 Å². The van der Waals surface area contributed by atoms with E-state index in [2.05, 4.69) is 5.32 Å². The summed E-state index contributed by atoms with van der Waals surface area (Å²) in [6.45, 7) is 2.66. The molecule has 0 aromatic heterocycles. The number of rotatable bonds is 8. The van der Waals surface area contributed by atoms with Gasteiger partial charge in [-0.25, -0.2) is 0 Å². The Balaban J connectivity index is 1.50. The smallest absolute Gasteiger partial charge is 0.322 e. The summed E-state index contributed by atoms with van der Waals surface area (Å²) in [5.41, 5.74) is 1.18. The zero-order valence-corrected chi connectivity index (χ0v) is 12.4. The minimum Gasteiger partial charge on any atom is -0.468 e. The van der Waals surface area contributed by atoms with Crippen molar-refractivity contribution in [2.24, 2.45) is 0 Å². The van der Waals surface area contributed by atoms with Crippen LogP contribution in [0.25, 0.3) is 0 Å². The normalized spacial score (nSPS) is 21.4. The number of hydrogen-bond acceptors (Lipinski definition) is 5. The highest BCUT2D eigenvalue weighted by Crippen LogP contribution is 2.12. The average Bonchev–Trinajstić information content (AvgIpc) is 3.00. The third-order valence-electron chi connectivity index (χ3n) is 3.47. The van der Waals surface area contributed by atoms with Crippen LogP contribution in [0.1, 0.15) is 18.4 Å². The zero-order valence-electron chi connectivity index (χ0n) is 12.4. The third kappa shape index (κ3) is 5.46. The van der Waals surface area contributed by atoms with Gasteiger partial charge in [0.15, 0.2) is 0 Å². The second-order valence-corrected chi connectivity index (χ2v) is 5.10. The van der Waals surface area contributed by atoms with Crippen LogP contribution in [-0.2, 0) is 25.6 Å². The van der Waals surface area contributed by atoms with Crippen LogP contribution in [0, 0.1) is 0 Å². The summed E-state index contributed by atoms with van der Waals surface area (Å²) in [7, 11) is 1.41. The van der Waals surface area contributed by atoms with E-state index in [1.165, 1.54) is 12.7 Å². The summed E-state index contributed by atoms with van der Waals surface area (Å²) < 4.78 is 16.0. The summed E-state index contributed by atoms with van der Waals surface area (Å²) in [6, 6.07) is 9.88. The van der Waals surface area contributed by atoms with E-state index in [0.717, 1.165) is 6.42 Å². The van der Waals surface area contributed by atoms with Crippen LogP contribution in [0.4, 0.5) is 0 Å². The lowest BCUT2D eigenvalue weighted by Gasteiger charge is -2.11. The van der Waals surface area contributed by atoms with Gasteiger partial charge in [-0.15, -0.1) is 0 Å². The molecule has 1 heterocycles. The molecule has 5 heteroatoms. The lowest BCUT2D eigenvalue weighted by atomic mass is 10.2. The average molecular weight is 293 g/mol. The highest BCUT2D eigenvalue weighted by molar-refractivity contribution is 5.76. The number of methoxy groups -OCH3 is 1. The van der Waals surface area contributed by atoms with E-state index in [0.29, 0.717) is 32.8 Å². The molecule has 0 radical (unpaired) electrons. The molecule has 0 unspecified atom stereocenters. The predicted octanol–water partition coefficient (Wildman–Crippen LogP) is 1.51. The number of hydrogen-bond donors (Lipinski definition) is 1. The fraction of sp³-hybridized carbons (Fsp3) is 0.562. The maximum absolute atomic E-state index is 11.3. The molecule has 0 saturated carbocycles. The maximum atomic E-state index is 11.3. The third-order valence-corrected chi connectivity index (χ3v) is 3.47. The van der Waals surface area contributed by atoms with Crippen LogP contribution in [-0.4, -0.2) is 45.0 Å². The Morgan fingerprint density at radius 3 is 2.86 bits per heavy atom. The molecule has 116 valence electrons. The monoisotopic (exact) mass is 293 g/mol. The first-order chi connectivity index (χ1) is 10.3. The molecule has 2 atom stereocenters. The molecular formula is C16H23NO4. The van der Waals surface area contributed by atoms with Gasteiger partial charge in [0.1, 0.15) is 6.04 Å². The Morgan fingerprint density at radius 2 is 2.10 bits per heavy atom. The number of ether oxygens (including phenoxy) is 3. The number of benzene rings is 1. The van der Waals surface area contributed by atoms with Crippen molar-refractivity contribution >= 4 is 5.97 Å². The van der Waals surface area contributed by atoms with Gasteiger partial charge in [-0.2, -0.15) is 0 Å². The quantitative estimate of drug-likeness (QED) is 0.581. The molecule has 0 amide bonds. The minimum atomic E-state index is -0.227. The van der Waals surface area contributed by atoms with Crippen LogP contribution in [0.2, 0.25) is 0 Å². The summed E-state index contributed by atoms with van der Waals surface area (Å²) in [4.78, 5) is 11.3. The Morgan fingerprint density at radius 1 is 1.29 bits per heavy atom. The molecule has 0 spiro atoms. The maximum Gasteiger partial charge on any atom is 0.322 e. The molecule has 21 heavy (non-hydrogen) atoms. The van der Waals surface area contributed by atoms with Crippen molar-refractivity contribution in [1.29, 1.82) is 0 Å². The second kappa shape index (κ2) is 8.77. The summed E-state index contributed by atoms with van der Waals surface area (Å²) in [5, 5.41) is 3.10. The van der Waals surface area contributed by atoms with E-state index in [1.54, 1.807) is 0 Å². The molecule has 0 bridgehead atoms. The van der Waals surface area contributed by atoms with Gasteiger partial charge in [0, 0.05) is 26.2 Å². The number of carbonyl (C=O) groups excluding carboxylic acids is 1. The molecule has 0 aliphatic carbocycles. The van der Waals surface area contributed by atoms with Crippen molar-refractivity contribution in [3.05, 3.63) is 35.9 Å². The van der Waals surface area contributed by atoms with Crippen molar-refractivity contribution in [1.82, 2.24) is 5.32 Å². The van der Waals surface area contributed by atoms with Crippen LogP contribution in [0.5, 0.6) is 0 Å². The highest BCUT2D eigenvalue weighted by Gasteiger charge is 2.30. The summed E-state index contributed by atoms with van der Waals surface area (Å²) in [6.07, 6.45) is 1.62. The van der Waals surface area contributed by atoms with Crippen molar-refractivity contribution in [3.8, 4) is 0 Å². The molecular weight excluding hydrogens is 270 g/mol. The van der Waals surface area contributed by atoms with Gasteiger partial charge >= 0.3 is 5.97 Å². The van der Waals surface area contributed by atoms with Crippen molar-refractivity contribution < 1.29 is 19.0 Å². The van der Waals surface area contributed by atoms with Crippen molar-refractivity contribution in [3.63, 3.8) is 0 Å². The first-order valence-corrected chi connectivity index (χ1v) is 7.34. The molecule has 1 saturated heterocycles. The largest absolute Gasteiger partial charge is 0.468 e. The first-order valence-electron chi connectivity index (χ1n) is 7.34. The first kappa shape index (κ1) is 15.9. The van der Waals surface area contributed by atoms with Gasteiger partial charge in [-0.05, 0) is 12.0 Å². The SMILES string of the molecule is COC(=O)[C@@H]1C[C@@H](OCCCOCc2ccccc2)CN1. The van der Waals surface area contributed by atoms with E-state index in [4.69, 9.17) is 14.2 Å². The fourth-order valence-corrected chi connectivity index (χ4v) is 2.33. The molecule has 2 rings (SSSR count). The lowest BCUT2D eigenvalue weighted by molar-refractivity contribution is -0.142. The fourth-order valence-electron chi connectivity index (χ4n) is 2.33. The Labute approximate surface area is 125 Å². The molecule has 1 N–H and O–H groups in total. The van der Waals surface area contributed by atoms with Crippen molar-refractivity contribution in [2.45, 2.75) is 31.6 Å². The zero-order chi connectivity index (χ0) is 14.9. The van der Waals surface area contributed by atoms with E-state index in [1.807, 2.05) is 30.3 Å². The van der Waals surface area contributed by atoms with E-state index < -0.39 is 0 Å². The Kier molecular flexibility index (Phi) is 6.66. The van der Waals surface area contributed by atoms with Crippen LogP contribution in [0.15, 0.2) is 30.3 Å². The van der Waals surface area contributed by atoms with Crippen LogP contribution < -0.4 is 5.32 Å². The molecule has 1 aromatic carbocycles. The van der Waals surface area contributed by atoms with E-state index in [-0.39, 0.29) is 18.1 Å². The number of carbonyl (C=O) groups is 1. The van der Waals surface area contributed by atoms with Gasteiger partial charge < -0.3 is 19.5 Å². The summed E-state index contributed by atoms with van der Waals surface area (Å²) in [5.74, 6) is -0.215. The molecule has 5 nitrogen and oxygen atoms in total. The van der Waals surface area contributed by atoms with Gasteiger partial charge in [0.05, 0.1) is 19.8 Å². The van der Waals surface area contributed by atoms with Gasteiger partial charge in [-0.3, -0.25) is 4.79 Å². The van der Waals surface area contributed by atoms with E-state index in [9.17, 15) is 4.79 Å². The van der Waals surface area contributed by atoms with Crippen LogP contribution in [0.3, 0.4) is 0 Å². The Bertz CT molecular complexity index is 424. The predicted molar refractivity (Wildman–Crippen MR) is 78.9 cm³/mol. The molecule has 1 aliphatic heterocycles. The Hall–Kier alpha value is -1.43. The summed E-state index contributed by atoms with van der Waals surface area (Å²) >= 11 is 0.